The van der Waals surface area contributed by atoms with E-state index in [0.29, 0.717) is 6.54 Å². The number of ether oxygens (including phenoxy) is 1. The quantitative estimate of drug-likeness (QED) is 0.733. The number of carbonyl (C=O) groups is 1. The molecule has 0 aliphatic carbocycles. The summed E-state index contributed by atoms with van der Waals surface area (Å²) in [5, 5.41) is 0. The van der Waals surface area contributed by atoms with Crippen LogP contribution in [0.2, 0.25) is 0 Å². The molecule has 1 aliphatic rings. The topological polar surface area (TPSA) is 55.6 Å². The minimum atomic E-state index is -0.262. The first-order valence-electron chi connectivity index (χ1n) is 7.26. The van der Waals surface area contributed by atoms with Gasteiger partial charge in [0.2, 0.25) is 0 Å². The van der Waals surface area contributed by atoms with Crippen molar-refractivity contribution in [3.63, 3.8) is 0 Å². The molecule has 114 valence electrons. The van der Waals surface area contributed by atoms with E-state index in [9.17, 15) is 4.79 Å². The molecule has 19 heavy (non-hydrogen) atoms. The summed E-state index contributed by atoms with van der Waals surface area (Å²) >= 11 is 0. The van der Waals surface area contributed by atoms with Crippen LogP contribution in [0, 0.1) is 0 Å². The number of amides is 1. The summed E-state index contributed by atoms with van der Waals surface area (Å²) < 4.78 is 5.69. The Hall–Kier alpha value is -0.320. The van der Waals surface area contributed by atoms with Crippen molar-refractivity contribution in [2.75, 3.05) is 13.1 Å². The molecule has 0 spiro atoms. The van der Waals surface area contributed by atoms with E-state index in [1.807, 2.05) is 4.90 Å². The van der Waals surface area contributed by atoms with Crippen LogP contribution in [0.25, 0.3) is 0 Å². The lowest BCUT2D eigenvalue weighted by Crippen LogP contribution is -2.44. The van der Waals surface area contributed by atoms with Crippen LogP contribution in [-0.2, 0) is 9.53 Å². The molecular weight excluding hydrogens is 264 g/mol. The second kappa shape index (κ2) is 9.56. The molecule has 1 saturated heterocycles. The van der Waals surface area contributed by atoms with Crippen LogP contribution in [0.1, 0.15) is 52.9 Å². The van der Waals surface area contributed by atoms with Crippen molar-refractivity contribution < 1.29 is 9.53 Å². The van der Waals surface area contributed by atoms with Gasteiger partial charge in [-0.25, -0.2) is 0 Å². The molecule has 1 heterocycles. The number of unbranched alkanes of at least 4 members (excludes halogenated alkanes) is 2. The molecule has 1 aliphatic heterocycles. The molecule has 1 rings (SSSR count). The second-order valence-electron chi connectivity index (χ2n) is 5.39. The molecule has 0 bridgehead atoms. The van der Waals surface area contributed by atoms with Gasteiger partial charge in [0, 0.05) is 19.1 Å². The molecule has 0 radical (unpaired) electrons. The highest BCUT2D eigenvalue weighted by Crippen LogP contribution is 2.21. The van der Waals surface area contributed by atoms with E-state index in [1.54, 1.807) is 0 Å². The van der Waals surface area contributed by atoms with Crippen LogP contribution in [0.15, 0.2) is 0 Å². The third-order valence-corrected chi connectivity index (χ3v) is 3.55. The summed E-state index contributed by atoms with van der Waals surface area (Å²) in [5.74, 6) is 0.150. The van der Waals surface area contributed by atoms with Crippen LogP contribution >= 0.6 is 12.4 Å². The number of nitrogens with two attached hydrogens (primary N) is 1. The van der Waals surface area contributed by atoms with Crippen molar-refractivity contribution in [3.8, 4) is 0 Å². The average molecular weight is 293 g/mol. The minimum absolute atomic E-state index is 0. The van der Waals surface area contributed by atoms with Gasteiger partial charge in [0.1, 0.15) is 6.10 Å². The van der Waals surface area contributed by atoms with E-state index < -0.39 is 0 Å². The van der Waals surface area contributed by atoms with Gasteiger partial charge < -0.3 is 15.4 Å². The van der Waals surface area contributed by atoms with E-state index in [-0.39, 0.29) is 36.6 Å². The van der Waals surface area contributed by atoms with Gasteiger partial charge in [0.15, 0.2) is 0 Å². The van der Waals surface area contributed by atoms with Gasteiger partial charge in [0.05, 0.1) is 6.10 Å². The Bertz CT molecular complexity index is 262. The first-order chi connectivity index (χ1) is 8.60. The van der Waals surface area contributed by atoms with E-state index in [0.717, 1.165) is 25.8 Å². The SMILES string of the molecule is CCCCCN(C(=O)[C@@H]1CC[C@H](CN)O1)C(C)C.Cl. The predicted molar refractivity (Wildman–Crippen MR) is 80.6 cm³/mol. The van der Waals surface area contributed by atoms with Gasteiger partial charge >= 0.3 is 0 Å². The fraction of sp³-hybridized carbons (Fsp3) is 0.929. The van der Waals surface area contributed by atoms with Gasteiger partial charge in [-0.05, 0) is 33.1 Å². The predicted octanol–water partition coefficient (Wildman–Crippen LogP) is 2.34. The largest absolute Gasteiger partial charge is 0.364 e. The van der Waals surface area contributed by atoms with Crippen molar-refractivity contribution in [2.45, 2.75) is 71.1 Å². The van der Waals surface area contributed by atoms with Gasteiger partial charge in [-0.3, -0.25) is 4.79 Å². The van der Waals surface area contributed by atoms with E-state index in [2.05, 4.69) is 20.8 Å². The van der Waals surface area contributed by atoms with Crippen molar-refractivity contribution >= 4 is 18.3 Å². The molecule has 1 fully saturated rings. The smallest absolute Gasteiger partial charge is 0.251 e. The molecule has 2 N–H and O–H groups in total. The molecule has 0 unspecified atom stereocenters. The van der Waals surface area contributed by atoms with Crippen molar-refractivity contribution in [1.29, 1.82) is 0 Å². The lowest BCUT2D eigenvalue weighted by atomic mass is 10.1. The Kier molecular flexibility index (Phi) is 9.40. The van der Waals surface area contributed by atoms with Crippen molar-refractivity contribution in [3.05, 3.63) is 0 Å². The summed E-state index contributed by atoms with van der Waals surface area (Å²) in [4.78, 5) is 14.4. The molecule has 0 aromatic heterocycles. The Morgan fingerprint density at radius 1 is 1.37 bits per heavy atom. The van der Waals surface area contributed by atoms with Crippen LogP contribution in [-0.4, -0.2) is 42.1 Å². The summed E-state index contributed by atoms with van der Waals surface area (Å²) in [5.41, 5.74) is 5.58. The van der Waals surface area contributed by atoms with Crippen LogP contribution in [0.3, 0.4) is 0 Å². The minimum Gasteiger partial charge on any atom is -0.364 e. The maximum Gasteiger partial charge on any atom is 0.251 e. The maximum atomic E-state index is 12.4. The van der Waals surface area contributed by atoms with Crippen LogP contribution < -0.4 is 5.73 Å². The van der Waals surface area contributed by atoms with Gasteiger partial charge in [-0.15, -0.1) is 12.4 Å². The van der Waals surface area contributed by atoms with E-state index >= 15 is 0 Å². The number of hydrogen-bond donors (Lipinski definition) is 1. The van der Waals surface area contributed by atoms with Gasteiger partial charge in [-0.2, -0.15) is 0 Å². The first kappa shape index (κ1) is 18.7. The van der Waals surface area contributed by atoms with Crippen molar-refractivity contribution in [2.24, 2.45) is 5.73 Å². The van der Waals surface area contributed by atoms with E-state index in [4.69, 9.17) is 10.5 Å². The van der Waals surface area contributed by atoms with Crippen molar-refractivity contribution in [1.82, 2.24) is 4.90 Å². The fourth-order valence-corrected chi connectivity index (χ4v) is 2.40. The number of halogens is 1. The first-order valence-corrected chi connectivity index (χ1v) is 7.26. The summed E-state index contributed by atoms with van der Waals surface area (Å²) in [7, 11) is 0. The number of carbonyl (C=O) groups excluding carboxylic acids is 1. The highest BCUT2D eigenvalue weighted by molar-refractivity contribution is 5.85. The van der Waals surface area contributed by atoms with Gasteiger partial charge in [-0.1, -0.05) is 19.8 Å². The third-order valence-electron chi connectivity index (χ3n) is 3.55. The molecule has 0 saturated carbocycles. The van der Waals surface area contributed by atoms with Gasteiger partial charge in [0.25, 0.3) is 5.91 Å². The van der Waals surface area contributed by atoms with Crippen LogP contribution in [0.5, 0.6) is 0 Å². The molecule has 1 amide bonds. The molecular formula is C14H29ClN2O2. The summed E-state index contributed by atoms with van der Waals surface area (Å²) in [6, 6.07) is 0.245. The zero-order valence-corrected chi connectivity index (χ0v) is 13.2. The summed E-state index contributed by atoms with van der Waals surface area (Å²) in [6.07, 6.45) is 4.97. The Morgan fingerprint density at radius 3 is 2.53 bits per heavy atom. The summed E-state index contributed by atoms with van der Waals surface area (Å²) in [6.45, 7) is 7.67. The zero-order valence-electron chi connectivity index (χ0n) is 12.4. The highest BCUT2D eigenvalue weighted by atomic mass is 35.5. The molecule has 0 aromatic rings. The Labute approximate surface area is 123 Å². The Balaban J connectivity index is 0.00000324. The number of hydrogen-bond acceptors (Lipinski definition) is 3. The molecule has 0 aromatic carbocycles. The number of nitrogens with zero attached hydrogens (tertiary/aromatic N) is 1. The third kappa shape index (κ3) is 5.67. The average Bonchev–Trinajstić information content (AvgIpc) is 2.82. The van der Waals surface area contributed by atoms with Crippen LogP contribution in [0.4, 0.5) is 0 Å². The second-order valence-corrected chi connectivity index (χ2v) is 5.39. The highest BCUT2D eigenvalue weighted by Gasteiger charge is 2.33. The Morgan fingerprint density at radius 2 is 2.05 bits per heavy atom. The van der Waals surface area contributed by atoms with E-state index in [1.165, 1.54) is 12.8 Å². The maximum absolute atomic E-state index is 12.4. The molecule has 2 atom stereocenters. The lowest BCUT2D eigenvalue weighted by Gasteiger charge is -2.29. The fourth-order valence-electron chi connectivity index (χ4n) is 2.40. The lowest BCUT2D eigenvalue weighted by molar-refractivity contribution is -0.144. The monoisotopic (exact) mass is 292 g/mol. The molecule has 4 nitrogen and oxygen atoms in total. The normalized spacial score (nSPS) is 22.4. The standard InChI is InChI=1S/C14H28N2O2.ClH/c1-4-5-6-9-16(11(2)3)14(17)13-8-7-12(10-15)18-13;/h11-13H,4-10,15H2,1-3H3;1H/t12-,13+;/m1./s1. The zero-order chi connectivity index (χ0) is 13.5. The number of rotatable bonds is 7. The molecule has 5 heteroatoms.